The number of phenolic OH excluding ortho intramolecular Hbond substituents is 1. The first-order chi connectivity index (χ1) is 16.0. The number of hydrogen-bond donors (Lipinski definition) is 7. The van der Waals surface area contributed by atoms with Crippen molar-refractivity contribution >= 4 is 23.7 Å². The number of amides is 3. The molecule has 180 valence electrons. The molecule has 34 heavy (non-hydrogen) atoms. The molecule has 3 amide bonds. The van der Waals surface area contributed by atoms with E-state index in [2.05, 4.69) is 10.6 Å². The minimum absolute atomic E-state index is 0.0543. The number of aliphatic hydroxyl groups excluding tert-OH is 1. The molecule has 0 aromatic heterocycles. The number of hydrogen-bond acceptors (Lipinski definition) is 8. The molecule has 4 bridgehead atoms. The first-order valence-electron chi connectivity index (χ1n) is 10.2. The number of aliphatic hydroxyl groups is 1. The summed E-state index contributed by atoms with van der Waals surface area (Å²) >= 11 is 0. The van der Waals surface area contributed by atoms with Gasteiger partial charge in [-0.2, -0.15) is 0 Å². The lowest BCUT2D eigenvalue weighted by molar-refractivity contribution is -0.144. The highest BCUT2D eigenvalue weighted by Crippen LogP contribution is 2.32. The van der Waals surface area contributed by atoms with Gasteiger partial charge in [0.2, 0.25) is 17.7 Å². The van der Waals surface area contributed by atoms with E-state index >= 15 is 0 Å². The predicted octanol–water partition coefficient (Wildman–Crippen LogP) is -1.49. The van der Waals surface area contributed by atoms with Crippen molar-refractivity contribution in [2.45, 2.75) is 37.1 Å². The van der Waals surface area contributed by atoms with Crippen LogP contribution in [-0.2, 0) is 32.0 Å². The fourth-order valence-electron chi connectivity index (χ4n) is 3.39. The fourth-order valence-corrected chi connectivity index (χ4v) is 3.39. The van der Waals surface area contributed by atoms with Crippen LogP contribution >= 0.6 is 0 Å². The van der Waals surface area contributed by atoms with Crippen molar-refractivity contribution in [2.75, 3.05) is 0 Å². The molecule has 0 saturated carbocycles. The number of carboxylic acids is 1. The normalized spacial score (nSPS) is 22.0. The average molecular weight is 472 g/mol. The van der Waals surface area contributed by atoms with Crippen LogP contribution < -0.4 is 26.8 Å². The van der Waals surface area contributed by atoms with Crippen LogP contribution in [0.25, 0.3) is 0 Å². The minimum Gasteiger partial charge on any atom is -0.504 e. The maximum absolute atomic E-state index is 12.8. The van der Waals surface area contributed by atoms with Crippen molar-refractivity contribution < 1.29 is 39.2 Å². The summed E-state index contributed by atoms with van der Waals surface area (Å²) in [5.74, 6) is -4.54. The predicted molar refractivity (Wildman–Crippen MR) is 117 cm³/mol. The molecule has 4 atom stereocenters. The van der Waals surface area contributed by atoms with E-state index < -0.39 is 47.9 Å². The number of carbonyl (C=O) groups excluding carboxylic acids is 3. The second kappa shape index (κ2) is 10.2. The Morgan fingerprint density at radius 3 is 2.41 bits per heavy atom. The number of nitrogens with one attached hydrogen (secondary N) is 2. The Morgan fingerprint density at radius 2 is 1.74 bits per heavy atom. The van der Waals surface area contributed by atoms with Gasteiger partial charge in [0.05, 0.1) is 6.04 Å². The monoisotopic (exact) mass is 472 g/mol. The van der Waals surface area contributed by atoms with Gasteiger partial charge in [0.25, 0.3) is 0 Å². The van der Waals surface area contributed by atoms with Crippen molar-refractivity contribution in [3.8, 4) is 17.2 Å². The number of phenols is 1. The second-order valence-electron chi connectivity index (χ2n) is 7.80. The molecule has 4 unspecified atom stereocenters. The molecule has 1 aliphatic heterocycles. The average Bonchev–Trinajstić information content (AvgIpc) is 2.78. The summed E-state index contributed by atoms with van der Waals surface area (Å²) < 4.78 is 5.73. The Hall–Kier alpha value is -4.16. The molecular weight excluding hydrogens is 448 g/mol. The van der Waals surface area contributed by atoms with E-state index in [0.717, 1.165) is 0 Å². The molecule has 0 spiro atoms. The Balaban J connectivity index is 2.05. The zero-order valence-corrected chi connectivity index (χ0v) is 17.8. The molecular formula is C22H24N4O8. The molecule has 1 aliphatic rings. The van der Waals surface area contributed by atoms with Gasteiger partial charge in [-0.25, -0.2) is 4.79 Å². The minimum atomic E-state index is -2.14. The zero-order valence-electron chi connectivity index (χ0n) is 17.8. The number of ether oxygens (including phenoxy) is 1. The Labute approximate surface area is 193 Å². The van der Waals surface area contributed by atoms with Gasteiger partial charge in [-0.15, -0.1) is 0 Å². The van der Waals surface area contributed by atoms with E-state index in [0.29, 0.717) is 11.1 Å². The standard InChI is InChI=1S/C22H24N4O8/c23-13-7-11-4-5-15(27)16(9-11)34-12-3-1-2-10(6-12)8-14(22(32)33)25-21(31)17(26-20(13)30)18(28)19(24)29/h1-6,9,13-14,17-18,27-28H,7-8,23H2,(H2,24,29)(H,25,31)(H,26,30)(H,32,33). The fraction of sp³-hybridized carbons (Fsp3) is 0.273. The molecule has 0 aliphatic carbocycles. The molecule has 2 aromatic carbocycles. The number of benzene rings is 2. The molecule has 0 fully saturated rings. The lowest BCUT2D eigenvalue weighted by Crippen LogP contribution is -2.61. The second-order valence-corrected chi connectivity index (χ2v) is 7.80. The molecule has 3 rings (SSSR count). The molecule has 2 aromatic rings. The Bertz CT molecular complexity index is 1120. The largest absolute Gasteiger partial charge is 0.504 e. The maximum atomic E-state index is 12.8. The molecule has 12 nitrogen and oxygen atoms in total. The summed E-state index contributed by atoms with van der Waals surface area (Å²) in [4.78, 5) is 48.7. The van der Waals surface area contributed by atoms with Crippen molar-refractivity contribution in [1.29, 1.82) is 0 Å². The smallest absolute Gasteiger partial charge is 0.326 e. The van der Waals surface area contributed by atoms with E-state index in [4.69, 9.17) is 16.2 Å². The van der Waals surface area contributed by atoms with Gasteiger partial charge in [0.1, 0.15) is 17.8 Å². The van der Waals surface area contributed by atoms with Crippen LogP contribution in [0.2, 0.25) is 0 Å². The number of rotatable bonds is 3. The number of fused-ring (bicyclic) bond motifs is 4. The lowest BCUT2D eigenvalue weighted by atomic mass is 10.0. The van der Waals surface area contributed by atoms with Crippen molar-refractivity contribution in [2.24, 2.45) is 11.5 Å². The third kappa shape index (κ3) is 5.79. The Morgan fingerprint density at radius 1 is 1.03 bits per heavy atom. The molecule has 1 heterocycles. The highest BCUT2D eigenvalue weighted by molar-refractivity contribution is 5.96. The molecule has 9 N–H and O–H groups in total. The maximum Gasteiger partial charge on any atom is 0.326 e. The first-order valence-corrected chi connectivity index (χ1v) is 10.2. The first kappa shape index (κ1) is 24.5. The van der Waals surface area contributed by atoms with Crippen LogP contribution in [0.5, 0.6) is 17.2 Å². The molecule has 0 radical (unpaired) electrons. The van der Waals surface area contributed by atoms with Crippen molar-refractivity contribution in [3.63, 3.8) is 0 Å². The molecule has 12 heteroatoms. The third-order valence-electron chi connectivity index (χ3n) is 5.18. The highest BCUT2D eigenvalue weighted by Gasteiger charge is 2.35. The number of nitrogens with two attached hydrogens (primary N) is 2. The Kier molecular flexibility index (Phi) is 7.34. The van der Waals surface area contributed by atoms with Crippen LogP contribution in [0, 0.1) is 0 Å². The van der Waals surface area contributed by atoms with Gasteiger partial charge < -0.3 is 42.2 Å². The van der Waals surface area contributed by atoms with E-state index in [1.807, 2.05) is 0 Å². The summed E-state index contributed by atoms with van der Waals surface area (Å²) in [7, 11) is 0. The zero-order chi connectivity index (χ0) is 25.0. The van der Waals surface area contributed by atoms with Gasteiger partial charge in [-0.1, -0.05) is 18.2 Å². The van der Waals surface area contributed by atoms with Crippen LogP contribution in [0.1, 0.15) is 11.1 Å². The van der Waals surface area contributed by atoms with E-state index in [-0.39, 0.29) is 30.1 Å². The van der Waals surface area contributed by atoms with Crippen molar-refractivity contribution in [1.82, 2.24) is 10.6 Å². The quantitative estimate of drug-likeness (QED) is 0.277. The van der Waals surface area contributed by atoms with Crippen molar-refractivity contribution in [3.05, 3.63) is 53.6 Å². The number of carboxylic acid groups (broad SMARTS) is 1. The number of primary amides is 1. The van der Waals surface area contributed by atoms with E-state index in [1.54, 1.807) is 18.2 Å². The van der Waals surface area contributed by atoms with E-state index in [9.17, 15) is 34.5 Å². The highest BCUT2D eigenvalue weighted by atomic mass is 16.5. The number of aliphatic carboxylic acids is 1. The SMILES string of the molecule is NC(=O)C(O)C1NC(=O)C(N)Cc2ccc(O)c(c2)Oc2cccc(c2)CC(C(=O)O)NC1=O. The van der Waals surface area contributed by atoms with Crippen LogP contribution in [0.4, 0.5) is 0 Å². The summed E-state index contributed by atoms with van der Waals surface area (Å²) in [6.45, 7) is 0. The third-order valence-corrected chi connectivity index (χ3v) is 5.18. The van der Waals surface area contributed by atoms with Crippen LogP contribution in [0.15, 0.2) is 42.5 Å². The summed E-state index contributed by atoms with van der Waals surface area (Å²) in [5, 5.41) is 34.2. The van der Waals surface area contributed by atoms with Gasteiger partial charge in [0.15, 0.2) is 17.6 Å². The van der Waals surface area contributed by atoms with Crippen LogP contribution in [0.3, 0.4) is 0 Å². The lowest BCUT2D eigenvalue weighted by Gasteiger charge is -2.25. The van der Waals surface area contributed by atoms with Crippen LogP contribution in [-0.4, -0.2) is 63.2 Å². The van der Waals surface area contributed by atoms with Gasteiger partial charge in [-0.3, -0.25) is 14.4 Å². The summed E-state index contributed by atoms with van der Waals surface area (Å²) in [5.41, 5.74) is 12.0. The van der Waals surface area contributed by atoms with E-state index in [1.165, 1.54) is 24.3 Å². The van der Waals surface area contributed by atoms with Gasteiger partial charge in [-0.05, 0) is 41.8 Å². The summed E-state index contributed by atoms with van der Waals surface area (Å²) in [6, 6.07) is 6.08. The number of aromatic hydroxyl groups is 1. The van der Waals surface area contributed by atoms with Gasteiger partial charge in [0, 0.05) is 6.42 Å². The topological polar surface area (TPSA) is 214 Å². The number of carbonyl (C=O) groups is 4. The summed E-state index contributed by atoms with van der Waals surface area (Å²) in [6.07, 6.45) is -2.39. The molecule has 0 saturated heterocycles. The van der Waals surface area contributed by atoms with Gasteiger partial charge >= 0.3 is 5.97 Å².